The SMILES string of the molecule is COc1cc2nccc(CC(=O)c3cccc(C)n3)c2cc1OC. The molecule has 3 rings (SSSR count). The van der Waals surface area contributed by atoms with Crippen LogP contribution in [0.1, 0.15) is 21.7 Å². The van der Waals surface area contributed by atoms with Crippen LogP contribution in [0, 0.1) is 6.92 Å². The standard InChI is InChI=1S/C19H18N2O3/c1-12-5-4-6-15(21-12)17(22)9-13-7-8-20-16-11-19(24-3)18(23-2)10-14(13)16/h4-8,10-11H,9H2,1-3H3. The lowest BCUT2D eigenvalue weighted by molar-refractivity contribution is 0.0988. The molecule has 0 aliphatic carbocycles. The van der Waals surface area contributed by atoms with Crippen LogP contribution >= 0.6 is 0 Å². The summed E-state index contributed by atoms with van der Waals surface area (Å²) in [6, 6.07) is 11.0. The Bertz CT molecular complexity index is 906. The second kappa shape index (κ2) is 6.66. The first-order valence-electron chi connectivity index (χ1n) is 7.59. The van der Waals surface area contributed by atoms with E-state index in [0.717, 1.165) is 22.2 Å². The van der Waals surface area contributed by atoms with Crippen molar-refractivity contribution in [1.82, 2.24) is 9.97 Å². The number of methoxy groups -OCH3 is 2. The molecule has 0 N–H and O–H groups in total. The second-order valence-electron chi connectivity index (χ2n) is 5.46. The van der Waals surface area contributed by atoms with E-state index >= 15 is 0 Å². The van der Waals surface area contributed by atoms with Crippen molar-refractivity contribution in [3.8, 4) is 11.5 Å². The number of hydrogen-bond donors (Lipinski definition) is 0. The molecule has 0 saturated carbocycles. The predicted octanol–water partition coefficient (Wildman–Crippen LogP) is 3.38. The molecule has 0 spiro atoms. The lowest BCUT2D eigenvalue weighted by atomic mass is 10.0. The van der Waals surface area contributed by atoms with Crippen molar-refractivity contribution < 1.29 is 14.3 Å². The van der Waals surface area contributed by atoms with Gasteiger partial charge in [0.25, 0.3) is 0 Å². The topological polar surface area (TPSA) is 61.3 Å². The Labute approximate surface area is 140 Å². The normalized spacial score (nSPS) is 10.6. The summed E-state index contributed by atoms with van der Waals surface area (Å²) >= 11 is 0. The number of carbonyl (C=O) groups excluding carboxylic acids is 1. The molecule has 2 aromatic heterocycles. The molecule has 24 heavy (non-hydrogen) atoms. The van der Waals surface area contributed by atoms with Crippen LogP contribution in [-0.4, -0.2) is 30.0 Å². The third-order valence-electron chi connectivity index (χ3n) is 3.86. The van der Waals surface area contributed by atoms with Crippen LogP contribution in [0.25, 0.3) is 10.9 Å². The van der Waals surface area contributed by atoms with Gasteiger partial charge in [0.1, 0.15) is 5.69 Å². The number of carbonyl (C=O) groups is 1. The van der Waals surface area contributed by atoms with E-state index in [-0.39, 0.29) is 12.2 Å². The minimum absolute atomic E-state index is 0.0269. The summed E-state index contributed by atoms with van der Waals surface area (Å²) in [7, 11) is 3.17. The lowest BCUT2D eigenvalue weighted by Gasteiger charge is -2.11. The van der Waals surface area contributed by atoms with Crippen molar-refractivity contribution >= 4 is 16.7 Å². The molecule has 0 amide bonds. The molecule has 0 aliphatic heterocycles. The zero-order valence-electron chi connectivity index (χ0n) is 13.9. The van der Waals surface area contributed by atoms with Gasteiger partial charge in [-0.2, -0.15) is 0 Å². The van der Waals surface area contributed by atoms with Gasteiger partial charge in [-0.25, -0.2) is 0 Å². The Kier molecular flexibility index (Phi) is 4.42. The summed E-state index contributed by atoms with van der Waals surface area (Å²) < 4.78 is 10.7. The van der Waals surface area contributed by atoms with Crippen LogP contribution < -0.4 is 9.47 Å². The highest BCUT2D eigenvalue weighted by Crippen LogP contribution is 2.32. The average molecular weight is 322 g/mol. The number of ether oxygens (including phenoxy) is 2. The van der Waals surface area contributed by atoms with Crippen LogP contribution in [0.15, 0.2) is 42.6 Å². The van der Waals surface area contributed by atoms with Crippen molar-refractivity contribution in [2.75, 3.05) is 14.2 Å². The van der Waals surface area contributed by atoms with Gasteiger partial charge >= 0.3 is 0 Å². The number of aromatic nitrogens is 2. The molecule has 1 aromatic carbocycles. The molecule has 0 radical (unpaired) electrons. The quantitative estimate of drug-likeness (QED) is 0.674. The monoisotopic (exact) mass is 322 g/mol. The van der Waals surface area contributed by atoms with Gasteiger partial charge in [0, 0.05) is 29.8 Å². The average Bonchev–Trinajstić information content (AvgIpc) is 2.60. The molecule has 0 fully saturated rings. The smallest absolute Gasteiger partial charge is 0.185 e. The molecular weight excluding hydrogens is 304 g/mol. The second-order valence-corrected chi connectivity index (χ2v) is 5.46. The maximum atomic E-state index is 12.5. The van der Waals surface area contributed by atoms with Crippen molar-refractivity contribution in [1.29, 1.82) is 0 Å². The fourth-order valence-electron chi connectivity index (χ4n) is 2.65. The number of nitrogens with zero attached hydrogens (tertiary/aromatic N) is 2. The van der Waals surface area contributed by atoms with E-state index in [1.165, 1.54) is 0 Å². The van der Waals surface area contributed by atoms with Gasteiger partial charge in [0.2, 0.25) is 0 Å². The van der Waals surface area contributed by atoms with E-state index in [4.69, 9.17) is 9.47 Å². The molecule has 2 heterocycles. The highest BCUT2D eigenvalue weighted by Gasteiger charge is 2.14. The zero-order valence-corrected chi connectivity index (χ0v) is 13.9. The fraction of sp³-hybridized carbons (Fsp3) is 0.211. The number of Topliss-reactive ketones (excluding diaryl/α,β-unsaturated/α-hetero) is 1. The maximum Gasteiger partial charge on any atom is 0.185 e. The van der Waals surface area contributed by atoms with Gasteiger partial charge in [-0.1, -0.05) is 6.07 Å². The van der Waals surface area contributed by atoms with E-state index in [1.807, 2.05) is 37.3 Å². The third kappa shape index (κ3) is 3.06. The molecule has 3 aromatic rings. The predicted molar refractivity (Wildman–Crippen MR) is 91.9 cm³/mol. The van der Waals surface area contributed by atoms with Crippen LogP contribution in [-0.2, 0) is 6.42 Å². The van der Waals surface area contributed by atoms with Crippen molar-refractivity contribution in [3.63, 3.8) is 0 Å². The number of aryl methyl sites for hydroxylation is 1. The van der Waals surface area contributed by atoms with Crippen LogP contribution in [0.4, 0.5) is 0 Å². The number of benzene rings is 1. The first-order valence-corrected chi connectivity index (χ1v) is 7.59. The van der Waals surface area contributed by atoms with Gasteiger partial charge in [0.05, 0.1) is 19.7 Å². The maximum absolute atomic E-state index is 12.5. The minimum atomic E-state index is -0.0269. The minimum Gasteiger partial charge on any atom is -0.493 e. The van der Waals surface area contributed by atoms with Crippen molar-refractivity contribution in [2.45, 2.75) is 13.3 Å². The number of rotatable bonds is 5. The van der Waals surface area contributed by atoms with Crippen molar-refractivity contribution in [3.05, 3.63) is 59.5 Å². The number of hydrogen-bond acceptors (Lipinski definition) is 5. The summed E-state index contributed by atoms with van der Waals surface area (Å²) in [5.41, 5.74) is 2.94. The van der Waals surface area contributed by atoms with E-state index in [0.29, 0.717) is 17.2 Å². The molecular formula is C19H18N2O3. The van der Waals surface area contributed by atoms with E-state index in [2.05, 4.69) is 9.97 Å². The Morgan fingerprint density at radius 1 is 1.08 bits per heavy atom. The van der Waals surface area contributed by atoms with Gasteiger partial charge in [-0.05, 0) is 36.8 Å². The number of ketones is 1. The highest BCUT2D eigenvalue weighted by atomic mass is 16.5. The summed E-state index contributed by atoms with van der Waals surface area (Å²) in [6.07, 6.45) is 1.95. The summed E-state index contributed by atoms with van der Waals surface area (Å²) in [6.45, 7) is 1.87. The summed E-state index contributed by atoms with van der Waals surface area (Å²) in [4.78, 5) is 21.2. The first kappa shape index (κ1) is 15.9. The first-order chi connectivity index (χ1) is 11.6. The van der Waals surface area contributed by atoms with Gasteiger partial charge in [-0.15, -0.1) is 0 Å². The molecule has 0 atom stereocenters. The van der Waals surface area contributed by atoms with Gasteiger partial charge < -0.3 is 9.47 Å². The molecule has 0 saturated heterocycles. The zero-order chi connectivity index (χ0) is 17.1. The lowest BCUT2D eigenvalue weighted by Crippen LogP contribution is -2.07. The van der Waals surface area contributed by atoms with Crippen LogP contribution in [0.2, 0.25) is 0 Å². The Morgan fingerprint density at radius 3 is 2.54 bits per heavy atom. The molecule has 122 valence electrons. The fourth-order valence-corrected chi connectivity index (χ4v) is 2.65. The van der Waals surface area contributed by atoms with Gasteiger partial charge in [-0.3, -0.25) is 14.8 Å². The molecule has 0 unspecified atom stereocenters. The largest absolute Gasteiger partial charge is 0.493 e. The molecule has 0 aliphatic rings. The molecule has 5 nitrogen and oxygen atoms in total. The Hall–Kier alpha value is -2.95. The van der Waals surface area contributed by atoms with Crippen LogP contribution in [0.5, 0.6) is 11.5 Å². The Balaban J connectivity index is 2.01. The van der Waals surface area contributed by atoms with Gasteiger partial charge in [0.15, 0.2) is 17.3 Å². The molecule has 0 bridgehead atoms. The van der Waals surface area contributed by atoms with E-state index in [9.17, 15) is 4.79 Å². The van der Waals surface area contributed by atoms with E-state index in [1.54, 1.807) is 26.5 Å². The third-order valence-corrected chi connectivity index (χ3v) is 3.86. The highest BCUT2D eigenvalue weighted by molar-refractivity contribution is 5.98. The summed E-state index contributed by atoms with van der Waals surface area (Å²) in [5, 5.41) is 0.871. The Morgan fingerprint density at radius 2 is 1.83 bits per heavy atom. The van der Waals surface area contributed by atoms with Crippen LogP contribution in [0.3, 0.4) is 0 Å². The number of fused-ring (bicyclic) bond motifs is 1. The summed E-state index contributed by atoms with van der Waals surface area (Å²) in [5.74, 6) is 1.20. The number of pyridine rings is 2. The van der Waals surface area contributed by atoms with Crippen molar-refractivity contribution in [2.24, 2.45) is 0 Å². The van der Waals surface area contributed by atoms with E-state index < -0.39 is 0 Å². The molecule has 5 heteroatoms.